The van der Waals surface area contributed by atoms with Gasteiger partial charge in [0.15, 0.2) is 0 Å². The van der Waals surface area contributed by atoms with Gasteiger partial charge in [0.05, 0.1) is 23.8 Å². The molecule has 6 nitrogen and oxygen atoms in total. The molecule has 178 valence electrons. The molecular weight excluding hydrogens is 436 g/mol. The third-order valence-electron chi connectivity index (χ3n) is 7.39. The smallest absolute Gasteiger partial charge is 0.329 e. The van der Waals surface area contributed by atoms with Gasteiger partial charge in [0.1, 0.15) is 18.0 Å². The maximum atomic E-state index is 14.0. The van der Waals surface area contributed by atoms with Gasteiger partial charge in [-0.3, -0.25) is 9.13 Å². The van der Waals surface area contributed by atoms with Crippen LogP contribution in [-0.2, 0) is 13.2 Å². The number of aromatic nitrogens is 4. The van der Waals surface area contributed by atoms with Gasteiger partial charge in [-0.05, 0) is 48.1 Å². The normalized spacial score (nSPS) is 18.3. The summed E-state index contributed by atoms with van der Waals surface area (Å²) in [5, 5.41) is 1.01. The fraction of sp³-hybridized carbons (Fsp3) is 0.310. The molecule has 1 N–H and O–H groups in total. The summed E-state index contributed by atoms with van der Waals surface area (Å²) in [6.07, 6.45) is 8.35. The summed E-state index contributed by atoms with van der Waals surface area (Å²) in [6.45, 7) is 3.27. The summed E-state index contributed by atoms with van der Waals surface area (Å²) >= 11 is 0. The second kappa shape index (κ2) is 9.10. The molecule has 2 atom stereocenters. The largest absolute Gasteiger partial charge is 0.489 e. The summed E-state index contributed by atoms with van der Waals surface area (Å²) in [5.41, 5.74) is 4.91. The Morgan fingerprint density at radius 1 is 1.03 bits per heavy atom. The predicted octanol–water partition coefficient (Wildman–Crippen LogP) is 6.06. The molecule has 0 bridgehead atoms. The van der Waals surface area contributed by atoms with Crippen LogP contribution < -0.4 is 10.4 Å². The summed E-state index contributed by atoms with van der Waals surface area (Å²) in [4.78, 5) is 21.8. The molecular formula is C29H30N4O2. The first kappa shape index (κ1) is 21.7. The average Bonchev–Trinajstić information content (AvgIpc) is 3.47. The Labute approximate surface area is 204 Å². The lowest BCUT2D eigenvalue weighted by molar-refractivity contribution is 0.256. The van der Waals surface area contributed by atoms with Crippen molar-refractivity contribution in [2.24, 2.45) is 5.92 Å². The van der Waals surface area contributed by atoms with E-state index >= 15 is 0 Å². The third kappa shape index (κ3) is 4.03. The lowest BCUT2D eigenvalue weighted by Gasteiger charge is -2.29. The molecule has 0 radical (unpaired) electrons. The number of pyridine rings is 1. The van der Waals surface area contributed by atoms with Crippen LogP contribution in [0.4, 0.5) is 0 Å². The molecule has 1 fully saturated rings. The summed E-state index contributed by atoms with van der Waals surface area (Å²) in [5.74, 6) is 1.27. The second-order valence-corrected chi connectivity index (χ2v) is 9.72. The van der Waals surface area contributed by atoms with Gasteiger partial charge < -0.3 is 9.72 Å². The van der Waals surface area contributed by atoms with Gasteiger partial charge in [0.25, 0.3) is 0 Å². The van der Waals surface area contributed by atoms with Crippen molar-refractivity contribution >= 4 is 22.1 Å². The molecule has 0 unspecified atom stereocenters. The van der Waals surface area contributed by atoms with Crippen LogP contribution in [0.2, 0.25) is 0 Å². The standard InChI is InChI=1S/C29H30N4O2/c1-20-8-5-6-13-25(20)33-27-24-14-15-30-28(24)31-17-26(27)32(29(33)34)18-22-11-7-12-23(16-22)35-19-21-9-3-2-4-10-21/h2-4,7,9-12,14-17,20,25H,5-6,8,13,18-19H2,1H3,(H,30,31)/t20-,25+/m1/s1. The summed E-state index contributed by atoms with van der Waals surface area (Å²) < 4.78 is 9.98. The van der Waals surface area contributed by atoms with Gasteiger partial charge >= 0.3 is 5.69 Å². The molecule has 0 saturated heterocycles. The molecule has 0 aliphatic heterocycles. The summed E-state index contributed by atoms with van der Waals surface area (Å²) in [7, 11) is 0. The summed E-state index contributed by atoms with van der Waals surface area (Å²) in [6, 6.07) is 20.4. The van der Waals surface area contributed by atoms with Crippen LogP contribution in [0.3, 0.4) is 0 Å². The molecule has 6 rings (SSSR count). The van der Waals surface area contributed by atoms with Crippen molar-refractivity contribution in [1.29, 1.82) is 0 Å². The first-order chi connectivity index (χ1) is 17.2. The van der Waals surface area contributed by atoms with E-state index in [1.807, 2.05) is 59.4 Å². The Bertz CT molecular complexity index is 1530. The van der Waals surface area contributed by atoms with Crippen LogP contribution in [0.1, 0.15) is 49.8 Å². The van der Waals surface area contributed by atoms with Crippen LogP contribution in [0.25, 0.3) is 22.1 Å². The van der Waals surface area contributed by atoms with E-state index < -0.39 is 0 Å². The van der Waals surface area contributed by atoms with E-state index in [-0.39, 0.29) is 11.7 Å². The van der Waals surface area contributed by atoms with Crippen molar-refractivity contribution in [3.63, 3.8) is 0 Å². The van der Waals surface area contributed by atoms with Crippen molar-refractivity contribution in [2.45, 2.75) is 51.8 Å². The molecule has 3 heterocycles. The number of ether oxygens (including phenoxy) is 1. The molecule has 35 heavy (non-hydrogen) atoms. The third-order valence-corrected chi connectivity index (χ3v) is 7.39. The zero-order chi connectivity index (χ0) is 23.8. The van der Waals surface area contributed by atoms with E-state index in [0.29, 0.717) is 19.1 Å². The topological polar surface area (TPSA) is 64.8 Å². The minimum Gasteiger partial charge on any atom is -0.489 e. The highest BCUT2D eigenvalue weighted by Crippen LogP contribution is 2.36. The van der Waals surface area contributed by atoms with Crippen LogP contribution >= 0.6 is 0 Å². The van der Waals surface area contributed by atoms with Crippen molar-refractivity contribution < 1.29 is 4.74 Å². The second-order valence-electron chi connectivity index (χ2n) is 9.72. The van der Waals surface area contributed by atoms with E-state index in [2.05, 4.69) is 39.7 Å². The molecule has 5 aromatic rings. The zero-order valence-electron chi connectivity index (χ0n) is 20.0. The highest BCUT2D eigenvalue weighted by molar-refractivity contribution is 6.01. The maximum absolute atomic E-state index is 14.0. The predicted molar refractivity (Wildman–Crippen MR) is 139 cm³/mol. The lowest BCUT2D eigenvalue weighted by atomic mass is 9.85. The maximum Gasteiger partial charge on any atom is 0.329 e. The molecule has 0 spiro atoms. The number of nitrogens with zero attached hydrogens (tertiary/aromatic N) is 3. The van der Waals surface area contributed by atoms with E-state index in [1.165, 1.54) is 6.42 Å². The number of H-pyrrole nitrogens is 1. The number of rotatable bonds is 6. The molecule has 6 heteroatoms. The van der Waals surface area contributed by atoms with Gasteiger partial charge in [-0.1, -0.05) is 62.2 Å². The highest BCUT2D eigenvalue weighted by atomic mass is 16.5. The number of fused-ring (bicyclic) bond motifs is 3. The first-order valence-corrected chi connectivity index (χ1v) is 12.5. The van der Waals surface area contributed by atoms with Crippen LogP contribution in [0.15, 0.2) is 77.9 Å². The van der Waals surface area contributed by atoms with Crippen molar-refractivity contribution in [1.82, 2.24) is 19.1 Å². The highest BCUT2D eigenvalue weighted by Gasteiger charge is 2.28. The fourth-order valence-corrected chi connectivity index (χ4v) is 5.56. The number of hydrogen-bond donors (Lipinski definition) is 1. The van der Waals surface area contributed by atoms with E-state index in [4.69, 9.17) is 4.74 Å². The van der Waals surface area contributed by atoms with Crippen LogP contribution in [-0.4, -0.2) is 19.1 Å². The molecule has 1 aliphatic carbocycles. The Hall–Kier alpha value is -3.80. The average molecular weight is 467 g/mol. The number of aromatic amines is 1. The lowest BCUT2D eigenvalue weighted by Crippen LogP contribution is -2.32. The van der Waals surface area contributed by atoms with E-state index in [0.717, 1.165) is 58.2 Å². The minimum absolute atomic E-state index is 0.0462. The first-order valence-electron chi connectivity index (χ1n) is 12.5. The number of imidazole rings is 1. The van der Waals surface area contributed by atoms with Crippen LogP contribution in [0.5, 0.6) is 5.75 Å². The number of nitrogens with one attached hydrogen (secondary N) is 1. The SMILES string of the molecule is C[C@@H]1CCCC[C@@H]1n1c(=O)n(Cc2cccc(OCc3ccccc3)c2)c2cnc3[nH]ccc3c21. The zero-order valence-corrected chi connectivity index (χ0v) is 20.0. The Balaban J connectivity index is 1.39. The quantitative estimate of drug-likeness (QED) is 0.331. The van der Waals surface area contributed by atoms with Gasteiger partial charge in [-0.2, -0.15) is 0 Å². The molecule has 2 aromatic carbocycles. The Kier molecular flexibility index (Phi) is 5.64. The van der Waals surface area contributed by atoms with E-state index in [1.54, 1.807) is 0 Å². The molecule has 3 aromatic heterocycles. The van der Waals surface area contributed by atoms with Crippen molar-refractivity contribution in [2.75, 3.05) is 0 Å². The fourth-order valence-electron chi connectivity index (χ4n) is 5.56. The van der Waals surface area contributed by atoms with Crippen LogP contribution in [0, 0.1) is 5.92 Å². The number of hydrogen-bond acceptors (Lipinski definition) is 3. The van der Waals surface area contributed by atoms with E-state index in [9.17, 15) is 4.79 Å². The molecule has 1 aliphatic rings. The van der Waals surface area contributed by atoms with Gasteiger partial charge in [-0.25, -0.2) is 9.78 Å². The molecule has 1 saturated carbocycles. The van der Waals surface area contributed by atoms with Gasteiger partial charge in [-0.15, -0.1) is 0 Å². The number of benzene rings is 2. The Morgan fingerprint density at radius 2 is 1.86 bits per heavy atom. The monoisotopic (exact) mass is 466 g/mol. The molecule has 0 amide bonds. The van der Waals surface area contributed by atoms with Crippen molar-refractivity contribution in [3.05, 3.63) is 94.7 Å². The van der Waals surface area contributed by atoms with Gasteiger partial charge in [0, 0.05) is 17.6 Å². The minimum atomic E-state index is 0.0462. The van der Waals surface area contributed by atoms with Crippen molar-refractivity contribution in [3.8, 4) is 5.75 Å². The Morgan fingerprint density at radius 3 is 2.71 bits per heavy atom. The van der Waals surface area contributed by atoms with Gasteiger partial charge in [0.2, 0.25) is 0 Å².